The largest absolute Gasteiger partial charge is 0.493 e. The molecule has 2 aromatic rings. The fourth-order valence-corrected chi connectivity index (χ4v) is 5.46. The van der Waals surface area contributed by atoms with Gasteiger partial charge in [0.15, 0.2) is 0 Å². The van der Waals surface area contributed by atoms with Crippen LogP contribution in [0.4, 0.5) is 4.39 Å². The van der Waals surface area contributed by atoms with E-state index in [9.17, 15) is 19.1 Å². The molecule has 0 saturated heterocycles. The Kier molecular flexibility index (Phi) is 10.8. The van der Waals surface area contributed by atoms with E-state index in [1.807, 2.05) is 36.1 Å². The van der Waals surface area contributed by atoms with Gasteiger partial charge in [-0.25, -0.2) is 4.39 Å². The quantitative estimate of drug-likeness (QED) is 0.442. The number of hydrogen-bond acceptors (Lipinski definition) is 5. The standard InChI is InChI=1S/C33H42FN3O4/c1-3-15-37-16-5-6-17-41-28-20-25(19-27(34)22-28)21-29(36-31(39)11-8-12-32(37)40)30(38)23-35-33(13-14-33)26-10-7-9-24(4-2)18-26/h2,7,9-10,18-20,22,29-30,35,38H,3,5-6,8,11-17,21,23H2,1H3,(H,36,39)/t29-,30+/m0/s1. The van der Waals surface area contributed by atoms with Crippen LogP contribution >= 0.6 is 0 Å². The molecule has 7 nitrogen and oxygen atoms in total. The average Bonchev–Trinajstić information content (AvgIpc) is 3.75. The zero-order valence-corrected chi connectivity index (χ0v) is 24.0. The first-order chi connectivity index (χ1) is 19.8. The second-order valence-electron chi connectivity index (χ2n) is 11.2. The highest BCUT2D eigenvalue weighted by Crippen LogP contribution is 2.45. The maximum Gasteiger partial charge on any atom is 0.222 e. The lowest BCUT2D eigenvalue weighted by molar-refractivity contribution is -0.131. The van der Waals surface area contributed by atoms with Crippen LogP contribution in [0.25, 0.3) is 0 Å². The number of terminal acetylenes is 1. The first-order valence-electron chi connectivity index (χ1n) is 14.8. The third-order valence-corrected chi connectivity index (χ3v) is 7.91. The predicted molar refractivity (Wildman–Crippen MR) is 157 cm³/mol. The van der Waals surface area contributed by atoms with Crippen LogP contribution in [0.1, 0.15) is 75.0 Å². The highest BCUT2D eigenvalue weighted by atomic mass is 19.1. The number of rotatable bonds is 7. The molecule has 1 aliphatic heterocycles. The number of aliphatic hydroxyl groups is 1. The minimum atomic E-state index is -0.941. The normalized spacial score (nSPS) is 20.7. The fraction of sp³-hybridized carbons (Fsp3) is 0.515. The summed E-state index contributed by atoms with van der Waals surface area (Å²) in [4.78, 5) is 27.6. The number of amides is 2. The van der Waals surface area contributed by atoms with Crippen molar-refractivity contribution in [3.63, 3.8) is 0 Å². The van der Waals surface area contributed by atoms with Gasteiger partial charge in [-0.2, -0.15) is 0 Å². The molecule has 2 aromatic carbocycles. The Morgan fingerprint density at radius 3 is 2.78 bits per heavy atom. The maximum absolute atomic E-state index is 14.5. The molecule has 2 atom stereocenters. The monoisotopic (exact) mass is 563 g/mol. The molecule has 1 heterocycles. The summed E-state index contributed by atoms with van der Waals surface area (Å²) >= 11 is 0. The number of carbonyl (C=O) groups excluding carboxylic acids is 2. The fourth-order valence-electron chi connectivity index (χ4n) is 5.46. The number of ether oxygens (including phenoxy) is 1. The molecule has 3 N–H and O–H groups in total. The van der Waals surface area contributed by atoms with Gasteiger partial charge >= 0.3 is 0 Å². The Balaban J connectivity index is 1.48. The highest BCUT2D eigenvalue weighted by Gasteiger charge is 2.44. The van der Waals surface area contributed by atoms with Crippen LogP contribution in [0, 0.1) is 18.2 Å². The molecule has 1 fully saturated rings. The lowest BCUT2D eigenvalue weighted by atomic mass is 9.98. The van der Waals surface area contributed by atoms with Crippen LogP contribution < -0.4 is 15.4 Å². The lowest BCUT2D eigenvalue weighted by Crippen LogP contribution is -2.50. The van der Waals surface area contributed by atoms with Gasteiger partial charge in [0, 0.05) is 49.6 Å². The summed E-state index contributed by atoms with van der Waals surface area (Å²) in [5.41, 5.74) is 2.24. The van der Waals surface area contributed by atoms with Crippen LogP contribution in [-0.4, -0.2) is 60.2 Å². The Morgan fingerprint density at radius 2 is 2.02 bits per heavy atom. The van der Waals surface area contributed by atoms with Crippen molar-refractivity contribution in [2.24, 2.45) is 0 Å². The third-order valence-electron chi connectivity index (χ3n) is 7.91. The minimum Gasteiger partial charge on any atom is -0.493 e. The molecule has 2 amide bonds. The van der Waals surface area contributed by atoms with E-state index in [0.717, 1.165) is 43.2 Å². The molecular weight excluding hydrogens is 521 g/mol. The van der Waals surface area contributed by atoms with Gasteiger partial charge in [-0.05, 0) is 80.3 Å². The molecule has 8 heteroatoms. The number of nitrogens with zero attached hydrogens (tertiary/aromatic N) is 1. The summed E-state index contributed by atoms with van der Waals surface area (Å²) in [5.74, 6) is 2.45. The molecule has 2 aliphatic rings. The number of aliphatic hydroxyl groups excluding tert-OH is 1. The van der Waals surface area contributed by atoms with E-state index in [2.05, 4.69) is 16.6 Å². The average molecular weight is 564 g/mol. The first kappa shape index (κ1) is 30.5. The Labute approximate surface area is 242 Å². The Bertz CT molecular complexity index is 1240. The van der Waals surface area contributed by atoms with Crippen molar-refractivity contribution in [1.29, 1.82) is 0 Å². The number of fused-ring (bicyclic) bond motifs is 2. The van der Waals surface area contributed by atoms with Crippen molar-refractivity contribution in [3.05, 3.63) is 65.0 Å². The Morgan fingerprint density at radius 1 is 1.20 bits per heavy atom. The van der Waals surface area contributed by atoms with Gasteiger partial charge in [0.25, 0.3) is 0 Å². The highest BCUT2D eigenvalue weighted by molar-refractivity contribution is 5.79. The van der Waals surface area contributed by atoms with Crippen LogP contribution in [0.3, 0.4) is 0 Å². The summed E-state index contributed by atoms with van der Waals surface area (Å²) in [6.45, 7) is 3.98. The lowest BCUT2D eigenvalue weighted by Gasteiger charge is -2.27. The summed E-state index contributed by atoms with van der Waals surface area (Å²) in [6.07, 6.45) is 9.97. The van der Waals surface area contributed by atoms with Crippen LogP contribution in [-0.2, 0) is 21.5 Å². The van der Waals surface area contributed by atoms with Gasteiger partial charge in [-0.3, -0.25) is 9.59 Å². The SMILES string of the molecule is C#Cc1cccc(C2(NC[C@@H](O)[C@@H]3Cc4cc(F)cc(c4)OCCCCN(CCC)C(=O)CCCC(=O)N3)CC2)c1. The van der Waals surface area contributed by atoms with Crippen molar-refractivity contribution < 1.29 is 23.8 Å². The molecule has 41 heavy (non-hydrogen) atoms. The molecular formula is C33H42FN3O4. The van der Waals surface area contributed by atoms with Crippen molar-refractivity contribution in [2.75, 3.05) is 26.2 Å². The maximum atomic E-state index is 14.5. The van der Waals surface area contributed by atoms with Crippen molar-refractivity contribution in [1.82, 2.24) is 15.5 Å². The molecule has 0 unspecified atom stereocenters. The van der Waals surface area contributed by atoms with E-state index in [-0.39, 0.29) is 36.7 Å². The van der Waals surface area contributed by atoms with Crippen LogP contribution in [0.2, 0.25) is 0 Å². The number of nitrogens with one attached hydrogen (secondary N) is 2. The Hall–Kier alpha value is -3.41. The third kappa shape index (κ3) is 8.79. The van der Waals surface area contributed by atoms with E-state index in [1.165, 1.54) is 12.1 Å². The number of halogens is 1. The predicted octanol–water partition coefficient (Wildman–Crippen LogP) is 4.06. The van der Waals surface area contributed by atoms with Gasteiger partial charge in [0.05, 0.1) is 18.8 Å². The summed E-state index contributed by atoms with van der Waals surface area (Å²) in [7, 11) is 0. The number of carbonyl (C=O) groups is 2. The molecule has 0 aromatic heterocycles. The molecule has 4 rings (SSSR count). The van der Waals surface area contributed by atoms with Crippen LogP contribution in [0.5, 0.6) is 5.75 Å². The molecule has 1 saturated carbocycles. The molecule has 0 spiro atoms. The summed E-state index contributed by atoms with van der Waals surface area (Å²) in [6, 6.07) is 11.7. The van der Waals surface area contributed by atoms with E-state index in [4.69, 9.17) is 11.2 Å². The van der Waals surface area contributed by atoms with Crippen molar-refractivity contribution in [2.45, 2.75) is 82.4 Å². The first-order valence-corrected chi connectivity index (χ1v) is 14.8. The second kappa shape index (κ2) is 14.5. The molecule has 1 aliphatic carbocycles. The summed E-state index contributed by atoms with van der Waals surface area (Å²) < 4.78 is 20.4. The zero-order chi connectivity index (χ0) is 29.2. The number of hydrogen-bond donors (Lipinski definition) is 3. The zero-order valence-electron chi connectivity index (χ0n) is 24.0. The minimum absolute atomic E-state index is 0.0445. The van der Waals surface area contributed by atoms with E-state index in [0.29, 0.717) is 43.9 Å². The van der Waals surface area contributed by atoms with Crippen molar-refractivity contribution in [3.8, 4) is 18.1 Å². The molecule has 2 bridgehead atoms. The number of benzene rings is 2. The van der Waals surface area contributed by atoms with Gasteiger partial charge < -0.3 is 25.4 Å². The van der Waals surface area contributed by atoms with Gasteiger partial charge in [0.2, 0.25) is 11.8 Å². The van der Waals surface area contributed by atoms with Crippen molar-refractivity contribution >= 4 is 11.8 Å². The van der Waals surface area contributed by atoms with E-state index in [1.54, 1.807) is 6.07 Å². The van der Waals surface area contributed by atoms with E-state index < -0.39 is 18.0 Å². The summed E-state index contributed by atoms with van der Waals surface area (Å²) in [5, 5.41) is 17.8. The topological polar surface area (TPSA) is 90.9 Å². The van der Waals surface area contributed by atoms with E-state index >= 15 is 0 Å². The van der Waals surface area contributed by atoms with Gasteiger partial charge in [-0.1, -0.05) is 25.0 Å². The smallest absolute Gasteiger partial charge is 0.222 e. The second-order valence-corrected chi connectivity index (χ2v) is 11.2. The molecule has 220 valence electrons. The van der Waals surface area contributed by atoms with Gasteiger partial charge in [-0.15, -0.1) is 6.42 Å². The van der Waals surface area contributed by atoms with Crippen LogP contribution in [0.15, 0.2) is 42.5 Å². The molecule has 0 radical (unpaired) electrons. The van der Waals surface area contributed by atoms with Gasteiger partial charge in [0.1, 0.15) is 11.6 Å².